The number of rotatable bonds is 15. The average Bonchev–Trinajstić information content (AvgIpc) is 3.01. The SMILES string of the molecule is CCCCCCCSSC1=NSC(SSCCCCCCC)S1. The van der Waals surface area contributed by atoms with Gasteiger partial charge in [0, 0.05) is 23.5 Å². The monoisotopic (exact) mass is 429 g/mol. The lowest BCUT2D eigenvalue weighted by Gasteiger charge is -2.06. The van der Waals surface area contributed by atoms with Crippen molar-refractivity contribution in [2.75, 3.05) is 11.5 Å². The van der Waals surface area contributed by atoms with Crippen molar-refractivity contribution in [3.05, 3.63) is 0 Å². The van der Waals surface area contributed by atoms with Crippen LogP contribution >= 0.6 is 66.9 Å². The van der Waals surface area contributed by atoms with E-state index >= 15 is 0 Å². The summed E-state index contributed by atoms with van der Waals surface area (Å²) >= 11 is 3.71. The maximum atomic E-state index is 4.61. The molecule has 0 saturated heterocycles. The van der Waals surface area contributed by atoms with Crippen molar-refractivity contribution in [3.8, 4) is 0 Å². The van der Waals surface area contributed by atoms with E-state index in [0.29, 0.717) is 3.91 Å². The Morgan fingerprint density at radius 2 is 1.43 bits per heavy atom. The number of hydrogen-bond donors (Lipinski definition) is 0. The lowest BCUT2D eigenvalue weighted by atomic mass is 10.2. The van der Waals surface area contributed by atoms with Crippen LogP contribution in [0.4, 0.5) is 0 Å². The van der Waals surface area contributed by atoms with E-state index in [1.54, 1.807) is 11.9 Å². The van der Waals surface area contributed by atoms with Gasteiger partial charge in [-0.05, 0) is 23.6 Å². The van der Waals surface area contributed by atoms with Crippen LogP contribution in [-0.2, 0) is 0 Å². The highest BCUT2D eigenvalue weighted by Gasteiger charge is 2.22. The van der Waals surface area contributed by atoms with Gasteiger partial charge in [-0.25, -0.2) is 0 Å². The van der Waals surface area contributed by atoms with Gasteiger partial charge in [-0.15, -0.1) is 0 Å². The molecule has 1 atom stereocenters. The van der Waals surface area contributed by atoms with Gasteiger partial charge in [0.05, 0.1) is 0 Å². The number of nitrogens with zero attached hydrogens (tertiary/aromatic N) is 1. The Morgan fingerprint density at radius 3 is 2.09 bits per heavy atom. The standard InChI is InChI=1S/C16H31NS6/c1-3-5-7-9-11-13-18-22-15-17-21-16(20-15)23-19-14-12-10-8-6-4-2/h16H,3-14H2,1-2H3. The Balaban J connectivity index is 1.86. The maximum Gasteiger partial charge on any atom is 0.150 e. The first-order chi connectivity index (χ1) is 11.4. The third kappa shape index (κ3) is 13.6. The minimum Gasteiger partial charge on any atom is -0.200 e. The highest BCUT2D eigenvalue weighted by Crippen LogP contribution is 2.50. The van der Waals surface area contributed by atoms with Crippen LogP contribution in [0.15, 0.2) is 4.40 Å². The van der Waals surface area contributed by atoms with Crippen molar-refractivity contribution in [1.29, 1.82) is 0 Å². The largest absolute Gasteiger partial charge is 0.200 e. The predicted octanol–water partition coefficient (Wildman–Crippen LogP) is 8.72. The first kappa shape index (κ1) is 22.8. The molecule has 0 aliphatic carbocycles. The zero-order valence-corrected chi connectivity index (χ0v) is 19.4. The van der Waals surface area contributed by atoms with Crippen LogP contribution in [0.3, 0.4) is 0 Å². The van der Waals surface area contributed by atoms with Crippen LogP contribution in [-0.4, -0.2) is 19.8 Å². The summed E-state index contributed by atoms with van der Waals surface area (Å²) in [6, 6.07) is 0. The van der Waals surface area contributed by atoms with Crippen LogP contribution in [0.5, 0.6) is 0 Å². The summed E-state index contributed by atoms with van der Waals surface area (Å²) in [6.45, 7) is 4.55. The molecule has 0 fully saturated rings. The van der Waals surface area contributed by atoms with E-state index in [-0.39, 0.29) is 0 Å². The van der Waals surface area contributed by atoms with Crippen molar-refractivity contribution in [2.45, 2.75) is 82.0 Å². The third-order valence-electron chi connectivity index (χ3n) is 3.35. The first-order valence-corrected chi connectivity index (χ1v) is 15.3. The van der Waals surface area contributed by atoms with Crippen molar-refractivity contribution in [3.63, 3.8) is 0 Å². The lowest BCUT2D eigenvalue weighted by molar-refractivity contribution is 0.660. The van der Waals surface area contributed by atoms with E-state index in [0.717, 1.165) is 0 Å². The summed E-state index contributed by atoms with van der Waals surface area (Å²) in [5, 5.41) is 0. The number of hydrogen-bond acceptors (Lipinski definition) is 7. The Morgan fingerprint density at radius 1 is 0.826 bits per heavy atom. The molecule has 1 heterocycles. The van der Waals surface area contributed by atoms with Gasteiger partial charge in [0.1, 0.15) is 3.91 Å². The Hall–Kier alpha value is 1.77. The zero-order valence-electron chi connectivity index (χ0n) is 14.5. The van der Waals surface area contributed by atoms with Gasteiger partial charge in [0.25, 0.3) is 0 Å². The van der Waals surface area contributed by atoms with E-state index in [2.05, 4.69) is 18.2 Å². The first-order valence-electron chi connectivity index (χ1n) is 8.85. The minimum absolute atomic E-state index is 0.572. The fourth-order valence-corrected chi connectivity index (χ4v) is 10.6. The van der Waals surface area contributed by atoms with Crippen LogP contribution in [0, 0.1) is 0 Å². The van der Waals surface area contributed by atoms with Crippen LogP contribution < -0.4 is 0 Å². The molecule has 0 spiro atoms. The molecule has 1 nitrogen and oxygen atoms in total. The molecule has 0 aromatic heterocycles. The molecule has 0 N–H and O–H groups in total. The maximum absolute atomic E-state index is 4.61. The van der Waals surface area contributed by atoms with Crippen LogP contribution in [0.2, 0.25) is 0 Å². The molecule has 7 heteroatoms. The molecule has 0 bridgehead atoms. The number of thioether (sulfide) groups is 1. The fraction of sp³-hybridized carbons (Fsp3) is 0.938. The van der Waals surface area contributed by atoms with Gasteiger partial charge in [-0.3, -0.25) is 0 Å². The average molecular weight is 430 g/mol. The summed E-state index contributed by atoms with van der Waals surface area (Å²) in [7, 11) is 7.92. The summed E-state index contributed by atoms with van der Waals surface area (Å²) in [6.07, 6.45) is 13.8. The third-order valence-corrected chi connectivity index (χ3v) is 12.2. The van der Waals surface area contributed by atoms with Crippen molar-refractivity contribution in [2.24, 2.45) is 4.40 Å². The van der Waals surface area contributed by atoms with Crippen molar-refractivity contribution < 1.29 is 0 Å². The van der Waals surface area contributed by atoms with E-state index in [1.807, 2.05) is 54.9 Å². The lowest BCUT2D eigenvalue weighted by Crippen LogP contribution is -1.86. The van der Waals surface area contributed by atoms with Crippen LogP contribution in [0.1, 0.15) is 78.1 Å². The fourth-order valence-electron chi connectivity index (χ4n) is 2.01. The highest BCUT2D eigenvalue weighted by molar-refractivity contribution is 8.88. The van der Waals surface area contributed by atoms with Gasteiger partial charge in [-0.1, -0.05) is 109 Å². The van der Waals surface area contributed by atoms with Gasteiger partial charge in [0.2, 0.25) is 0 Å². The summed E-state index contributed by atoms with van der Waals surface area (Å²) in [4.78, 5) is 0. The summed E-state index contributed by atoms with van der Waals surface area (Å²) in [5.41, 5.74) is 0. The van der Waals surface area contributed by atoms with E-state index < -0.39 is 0 Å². The molecular formula is C16H31NS6. The van der Waals surface area contributed by atoms with Crippen LogP contribution in [0.25, 0.3) is 0 Å². The van der Waals surface area contributed by atoms with Crippen molar-refractivity contribution in [1.82, 2.24) is 0 Å². The molecule has 0 amide bonds. The predicted molar refractivity (Wildman–Crippen MR) is 124 cm³/mol. The summed E-state index contributed by atoms with van der Waals surface area (Å²) in [5.74, 6) is 2.56. The summed E-state index contributed by atoms with van der Waals surface area (Å²) < 4.78 is 6.45. The molecule has 1 aliphatic heterocycles. The van der Waals surface area contributed by atoms with Gasteiger partial charge >= 0.3 is 0 Å². The quantitative estimate of drug-likeness (QED) is 0.145. The molecule has 0 aromatic carbocycles. The molecular weight excluding hydrogens is 399 g/mol. The molecule has 1 unspecified atom stereocenters. The Bertz CT molecular complexity index is 300. The molecule has 23 heavy (non-hydrogen) atoms. The van der Waals surface area contributed by atoms with E-state index in [9.17, 15) is 0 Å². The second kappa shape index (κ2) is 17.2. The van der Waals surface area contributed by atoms with E-state index in [4.69, 9.17) is 0 Å². The second-order valence-corrected chi connectivity index (χ2v) is 13.6. The zero-order chi connectivity index (χ0) is 16.6. The topological polar surface area (TPSA) is 12.4 Å². The Kier molecular flexibility index (Phi) is 17.1. The van der Waals surface area contributed by atoms with Gasteiger partial charge in [0.15, 0.2) is 4.38 Å². The normalized spacial score (nSPS) is 17.7. The molecule has 0 radical (unpaired) electrons. The second-order valence-electron chi connectivity index (χ2n) is 5.52. The highest BCUT2D eigenvalue weighted by atomic mass is 33.1. The molecule has 136 valence electrons. The van der Waals surface area contributed by atoms with E-state index in [1.165, 1.54) is 80.1 Å². The minimum atomic E-state index is 0.572. The smallest absolute Gasteiger partial charge is 0.150 e. The Labute approximate surface area is 168 Å². The number of unbranched alkanes of at least 4 members (excludes halogenated alkanes) is 8. The molecule has 0 aromatic rings. The van der Waals surface area contributed by atoms with Crippen molar-refractivity contribution >= 4 is 71.3 Å². The molecule has 1 rings (SSSR count). The van der Waals surface area contributed by atoms with Gasteiger partial charge < -0.3 is 0 Å². The molecule has 0 saturated carbocycles. The molecule has 1 aliphatic rings. The van der Waals surface area contributed by atoms with Gasteiger partial charge in [-0.2, -0.15) is 4.40 Å².